The Morgan fingerprint density at radius 3 is 2.25 bits per heavy atom. The Balaban J connectivity index is 1.20. The Labute approximate surface area is 345 Å². The van der Waals surface area contributed by atoms with Crippen LogP contribution < -0.4 is 40.8 Å². The Morgan fingerprint density at radius 1 is 0.933 bits per heavy atom. The van der Waals surface area contributed by atoms with Crippen molar-refractivity contribution in [3.05, 3.63) is 114 Å². The zero-order valence-corrected chi connectivity index (χ0v) is 34.2. The van der Waals surface area contributed by atoms with Crippen LogP contribution in [0, 0.1) is 23.1 Å². The number of ether oxygens (including phenoxy) is 4. The molecule has 0 unspecified atom stereocenters. The van der Waals surface area contributed by atoms with Crippen molar-refractivity contribution in [3.8, 4) is 28.7 Å². The number of carbonyl (C=O) groups is 2. The first kappa shape index (κ1) is 40.2. The van der Waals surface area contributed by atoms with E-state index in [1.54, 1.807) is 56.5 Å². The summed E-state index contributed by atoms with van der Waals surface area (Å²) >= 11 is 6.11. The number of benzene rings is 3. The van der Waals surface area contributed by atoms with Gasteiger partial charge in [-0.3, -0.25) is 14.4 Å². The molecule has 2 aromatic heterocycles. The Bertz CT molecular complexity index is 2870. The van der Waals surface area contributed by atoms with Gasteiger partial charge in [-0.15, -0.1) is 0 Å². The maximum atomic E-state index is 14.7. The number of imide groups is 1. The molecule has 2 amide bonds. The summed E-state index contributed by atoms with van der Waals surface area (Å²) < 4.78 is 40.8. The van der Waals surface area contributed by atoms with Crippen molar-refractivity contribution in [1.82, 2.24) is 23.5 Å². The standard InChI is InChI=1S/C42H40ClFN6O10/c1-42-24(9-7-21-15-34(59-5)36(51)35(16-21)60-6)23-11-14-48-40(55)47(13-12-28-38(53)46(2)31-20-33(58-4)32(57-3)19-29(31)45-28)41(56)50(48)30(23)18-25(42)37(52)49(39(42)54)22-8-10-27(44)26(43)17-22/h7-11,15-17,19-20,24-25,30,51H,12-14,18H2,1-6H3/t24-,25-,30+,42-/m0/s1. The van der Waals surface area contributed by atoms with Gasteiger partial charge in [-0.2, -0.15) is 0 Å². The number of phenolic OH excluding ortho intramolecular Hbond substituents is 1. The number of aromatic hydroxyl groups is 1. The molecule has 2 aliphatic heterocycles. The van der Waals surface area contributed by atoms with Crippen LogP contribution in [0.1, 0.15) is 30.6 Å². The van der Waals surface area contributed by atoms with Crippen molar-refractivity contribution in [3.63, 3.8) is 0 Å². The van der Waals surface area contributed by atoms with Crippen LogP contribution in [0.3, 0.4) is 0 Å². The summed E-state index contributed by atoms with van der Waals surface area (Å²) in [6.07, 6.45) is 5.17. The van der Waals surface area contributed by atoms with E-state index in [0.717, 1.165) is 15.5 Å². The van der Waals surface area contributed by atoms with Gasteiger partial charge in [0.05, 0.1) is 74.1 Å². The summed E-state index contributed by atoms with van der Waals surface area (Å²) in [6.45, 7) is 1.47. The van der Waals surface area contributed by atoms with Crippen LogP contribution in [0.4, 0.5) is 10.1 Å². The van der Waals surface area contributed by atoms with Crippen molar-refractivity contribution >= 4 is 46.2 Å². The van der Waals surface area contributed by atoms with E-state index in [1.165, 1.54) is 54.5 Å². The average Bonchev–Trinajstić information content (AvgIpc) is 3.60. The lowest BCUT2D eigenvalue weighted by atomic mass is 9.58. The van der Waals surface area contributed by atoms with Crippen LogP contribution in [0.2, 0.25) is 5.02 Å². The minimum absolute atomic E-state index is 0.0229. The van der Waals surface area contributed by atoms with Crippen LogP contribution in [0.25, 0.3) is 17.1 Å². The molecule has 4 heterocycles. The van der Waals surface area contributed by atoms with E-state index in [0.29, 0.717) is 33.7 Å². The molecule has 2 fully saturated rings. The topological polar surface area (TPSA) is 178 Å². The first-order chi connectivity index (χ1) is 28.7. The molecule has 1 aliphatic carbocycles. The normalized spacial score (nSPS) is 20.9. The zero-order valence-electron chi connectivity index (χ0n) is 33.4. The molecule has 16 nitrogen and oxygen atoms in total. The van der Waals surface area contributed by atoms with E-state index in [4.69, 9.17) is 30.5 Å². The number of fused-ring (bicyclic) bond motifs is 5. The molecule has 18 heteroatoms. The number of anilines is 1. The molecule has 60 heavy (non-hydrogen) atoms. The summed E-state index contributed by atoms with van der Waals surface area (Å²) in [5.74, 6) is -2.78. The maximum Gasteiger partial charge on any atom is 0.347 e. The lowest BCUT2D eigenvalue weighted by Gasteiger charge is -2.45. The fourth-order valence-electron chi connectivity index (χ4n) is 8.90. The number of rotatable bonds is 10. The Kier molecular flexibility index (Phi) is 9.97. The predicted molar refractivity (Wildman–Crippen MR) is 218 cm³/mol. The molecular weight excluding hydrogens is 803 g/mol. The van der Waals surface area contributed by atoms with Gasteiger partial charge in [-0.05, 0) is 54.8 Å². The molecule has 312 valence electrons. The summed E-state index contributed by atoms with van der Waals surface area (Å²) in [4.78, 5) is 76.6. The van der Waals surface area contributed by atoms with E-state index < -0.39 is 57.9 Å². The number of hydrogen-bond donors (Lipinski definition) is 1. The maximum absolute atomic E-state index is 14.7. The average molecular weight is 843 g/mol. The minimum Gasteiger partial charge on any atom is -0.502 e. The lowest BCUT2D eigenvalue weighted by molar-refractivity contribution is -0.129. The quantitative estimate of drug-likeness (QED) is 0.157. The van der Waals surface area contributed by atoms with Gasteiger partial charge in [-0.1, -0.05) is 29.8 Å². The van der Waals surface area contributed by atoms with Crippen molar-refractivity contribution in [2.75, 3.05) is 33.3 Å². The third-order valence-electron chi connectivity index (χ3n) is 12.1. The summed E-state index contributed by atoms with van der Waals surface area (Å²) in [5.41, 5.74) is -0.823. The van der Waals surface area contributed by atoms with Crippen LogP contribution >= 0.6 is 11.6 Å². The van der Waals surface area contributed by atoms with Crippen LogP contribution in [0.15, 0.2) is 74.6 Å². The largest absolute Gasteiger partial charge is 0.502 e. The van der Waals surface area contributed by atoms with Gasteiger partial charge in [0.25, 0.3) is 5.56 Å². The molecule has 8 rings (SSSR count). The molecule has 0 spiro atoms. The second kappa shape index (κ2) is 14.9. The molecule has 4 atom stereocenters. The number of aromatic nitrogens is 5. The third kappa shape index (κ3) is 6.00. The van der Waals surface area contributed by atoms with Gasteiger partial charge >= 0.3 is 11.4 Å². The van der Waals surface area contributed by atoms with E-state index in [-0.39, 0.29) is 59.6 Å². The third-order valence-corrected chi connectivity index (χ3v) is 12.3. The molecule has 0 bridgehead atoms. The molecule has 5 aromatic rings. The monoisotopic (exact) mass is 842 g/mol. The number of phenols is 1. The first-order valence-corrected chi connectivity index (χ1v) is 19.3. The number of methoxy groups -OCH3 is 4. The highest BCUT2D eigenvalue weighted by molar-refractivity contribution is 6.31. The van der Waals surface area contributed by atoms with Crippen LogP contribution in [-0.2, 0) is 36.1 Å². The number of hydrogen-bond acceptors (Lipinski definition) is 11. The molecule has 1 saturated carbocycles. The second-order valence-electron chi connectivity index (χ2n) is 15.0. The van der Waals surface area contributed by atoms with E-state index in [9.17, 15) is 33.5 Å². The van der Waals surface area contributed by atoms with Gasteiger partial charge in [0, 0.05) is 38.1 Å². The SMILES string of the molecule is COc1cc2nc(CCn3c(=O)n4n(c3=O)[C@@H]3C[C@H]5C(=O)N(c6ccc(F)c(Cl)c6)C(=O)[C@@]5(C)[C@@H](C=Cc5cc(OC)c(O)c(OC)c5)C3=CC4)c(=O)n(C)c2cc1OC. The Morgan fingerprint density at radius 2 is 1.60 bits per heavy atom. The van der Waals surface area contributed by atoms with Crippen molar-refractivity contribution < 1.29 is 38.0 Å². The number of amides is 2. The fraction of sp³-hybridized carbons (Fsp3) is 0.333. The number of allylic oxidation sites excluding steroid dienone is 3. The number of nitrogens with zero attached hydrogens (tertiary/aromatic N) is 6. The second-order valence-corrected chi connectivity index (χ2v) is 15.4. The fourth-order valence-corrected chi connectivity index (χ4v) is 9.07. The van der Waals surface area contributed by atoms with E-state index in [2.05, 4.69) is 4.98 Å². The van der Waals surface area contributed by atoms with Crippen LogP contribution in [-0.4, -0.2) is 68.8 Å². The molecule has 1 N–H and O–H groups in total. The minimum atomic E-state index is -1.41. The molecule has 3 aliphatic rings. The van der Waals surface area contributed by atoms with Gasteiger partial charge in [0.2, 0.25) is 17.6 Å². The van der Waals surface area contributed by atoms with Crippen molar-refractivity contribution in [1.29, 1.82) is 0 Å². The van der Waals surface area contributed by atoms with Crippen LogP contribution in [0.5, 0.6) is 28.7 Å². The van der Waals surface area contributed by atoms with Crippen molar-refractivity contribution in [2.45, 2.75) is 38.9 Å². The number of aryl methyl sites for hydroxylation is 2. The molecule has 3 aromatic carbocycles. The van der Waals surface area contributed by atoms with E-state index >= 15 is 0 Å². The first-order valence-electron chi connectivity index (χ1n) is 18.9. The number of carbonyl (C=O) groups excluding carboxylic acids is 2. The van der Waals surface area contributed by atoms with Gasteiger partial charge in [0.1, 0.15) is 11.5 Å². The lowest BCUT2D eigenvalue weighted by Crippen LogP contribution is -2.49. The van der Waals surface area contributed by atoms with Crippen molar-refractivity contribution in [2.24, 2.45) is 24.3 Å². The van der Waals surface area contributed by atoms with Gasteiger partial charge in [-0.25, -0.2) is 37.8 Å². The highest BCUT2D eigenvalue weighted by Crippen LogP contribution is 2.58. The summed E-state index contributed by atoms with van der Waals surface area (Å²) in [5, 5.41) is 10.3. The summed E-state index contributed by atoms with van der Waals surface area (Å²) in [6, 6.07) is 9.18. The molecular formula is C42H40ClFN6O10. The summed E-state index contributed by atoms with van der Waals surface area (Å²) in [7, 11) is 7.33. The predicted octanol–water partition coefficient (Wildman–Crippen LogP) is 4.24. The smallest absolute Gasteiger partial charge is 0.347 e. The highest BCUT2D eigenvalue weighted by Gasteiger charge is 2.64. The molecule has 0 radical (unpaired) electrons. The zero-order chi connectivity index (χ0) is 42.9. The molecule has 1 saturated heterocycles. The Hall–Kier alpha value is -6.62. The van der Waals surface area contributed by atoms with Gasteiger partial charge < -0.3 is 28.6 Å². The number of halogens is 2. The highest BCUT2D eigenvalue weighted by atomic mass is 35.5. The van der Waals surface area contributed by atoms with Gasteiger partial charge in [0.15, 0.2) is 23.0 Å². The van der Waals surface area contributed by atoms with E-state index in [1.807, 2.05) is 0 Å².